The van der Waals surface area contributed by atoms with Gasteiger partial charge in [0.1, 0.15) is 30.0 Å². The molecule has 1 fully saturated rings. The zero-order valence-electron chi connectivity index (χ0n) is 20.9. The van der Waals surface area contributed by atoms with E-state index in [1.807, 2.05) is 19.1 Å². The van der Waals surface area contributed by atoms with Crippen LogP contribution in [0.1, 0.15) is 50.0 Å². The Kier molecular flexibility index (Phi) is 6.63. The van der Waals surface area contributed by atoms with Crippen LogP contribution in [0.4, 0.5) is 4.39 Å². The lowest BCUT2D eigenvalue weighted by Crippen LogP contribution is -2.35. The minimum atomic E-state index is -0.600. The molecule has 3 aromatic carbocycles. The Morgan fingerprint density at radius 2 is 1.89 bits per heavy atom. The molecule has 5 rings (SSSR count). The molecule has 2 N–H and O–H groups in total. The van der Waals surface area contributed by atoms with Crippen molar-refractivity contribution in [3.63, 3.8) is 0 Å². The lowest BCUT2D eigenvalue weighted by molar-refractivity contribution is 0.165. The number of nitrogens with zero attached hydrogens (tertiary/aromatic N) is 1. The van der Waals surface area contributed by atoms with Crippen LogP contribution in [0.2, 0.25) is 0 Å². The summed E-state index contributed by atoms with van der Waals surface area (Å²) in [5, 5.41) is 20.2. The number of halogens is 1. The molecular formula is C30H32FNO4. The van der Waals surface area contributed by atoms with E-state index in [0.717, 1.165) is 35.4 Å². The highest BCUT2D eigenvalue weighted by molar-refractivity contribution is 5.95. The Balaban J connectivity index is 1.44. The molecule has 188 valence electrons. The van der Waals surface area contributed by atoms with Gasteiger partial charge in [-0.3, -0.25) is 4.90 Å². The average Bonchev–Trinajstić information content (AvgIpc) is 3.29. The number of hydrogen-bond acceptors (Lipinski definition) is 5. The van der Waals surface area contributed by atoms with Crippen molar-refractivity contribution >= 4 is 11.1 Å². The standard InChI is InChI=1S/C30H32FNO4/c1-18-11-12-32(16-18)19(2)17-35-28-9-7-22(14-26(28)31)30-29(21-5-4-6-23(33)13-21)20(3)25-15-24(34)8-10-27(25)36-30/h4-10,13-15,18-19,30,33-34H,11-12,16-17H2,1-3H3/t18-,19+,30?/m1/s1. The zero-order valence-corrected chi connectivity index (χ0v) is 20.9. The lowest BCUT2D eigenvalue weighted by Gasteiger charge is -2.31. The molecule has 0 bridgehead atoms. The van der Waals surface area contributed by atoms with Crippen LogP contribution in [-0.2, 0) is 0 Å². The molecule has 1 saturated heterocycles. The number of phenols is 2. The molecule has 2 aliphatic rings. The molecule has 0 aliphatic carbocycles. The summed E-state index contributed by atoms with van der Waals surface area (Å²) in [5.74, 6) is 1.33. The Labute approximate surface area is 211 Å². The SMILES string of the molecule is CC1=C(c2cccc(O)c2)C(c2ccc(OC[C@H](C)N3CC[C@@H](C)C3)c(F)c2)Oc2ccc(O)cc21. The van der Waals surface area contributed by atoms with Crippen molar-refractivity contribution in [2.75, 3.05) is 19.7 Å². The van der Waals surface area contributed by atoms with Crippen LogP contribution in [0, 0.1) is 11.7 Å². The number of ether oxygens (including phenoxy) is 2. The maximum Gasteiger partial charge on any atom is 0.165 e. The van der Waals surface area contributed by atoms with Crippen molar-refractivity contribution in [3.8, 4) is 23.0 Å². The highest BCUT2D eigenvalue weighted by Crippen LogP contribution is 2.48. The number of allylic oxidation sites excluding steroid dienone is 1. The Morgan fingerprint density at radius 3 is 2.61 bits per heavy atom. The summed E-state index contributed by atoms with van der Waals surface area (Å²) >= 11 is 0. The van der Waals surface area contributed by atoms with Crippen LogP contribution in [-0.4, -0.2) is 40.9 Å². The van der Waals surface area contributed by atoms with Gasteiger partial charge in [-0.25, -0.2) is 4.39 Å². The molecule has 6 heteroatoms. The zero-order chi connectivity index (χ0) is 25.4. The van der Waals surface area contributed by atoms with E-state index >= 15 is 4.39 Å². The van der Waals surface area contributed by atoms with Crippen molar-refractivity contribution in [1.82, 2.24) is 4.90 Å². The molecule has 1 unspecified atom stereocenters. The van der Waals surface area contributed by atoms with Gasteiger partial charge in [-0.2, -0.15) is 0 Å². The molecule has 5 nitrogen and oxygen atoms in total. The monoisotopic (exact) mass is 489 g/mol. The van der Waals surface area contributed by atoms with Crippen LogP contribution >= 0.6 is 0 Å². The molecule has 0 amide bonds. The Bertz CT molecular complexity index is 1300. The number of hydrogen-bond donors (Lipinski definition) is 2. The summed E-state index contributed by atoms with van der Waals surface area (Å²) < 4.78 is 27.5. The fourth-order valence-electron chi connectivity index (χ4n) is 5.20. The third-order valence-electron chi connectivity index (χ3n) is 7.25. The first kappa shape index (κ1) is 24.2. The van der Waals surface area contributed by atoms with Gasteiger partial charge in [-0.15, -0.1) is 0 Å². The highest BCUT2D eigenvalue weighted by Gasteiger charge is 2.30. The van der Waals surface area contributed by atoms with Gasteiger partial charge >= 0.3 is 0 Å². The Morgan fingerprint density at radius 1 is 1.08 bits per heavy atom. The first-order chi connectivity index (χ1) is 17.3. The first-order valence-electron chi connectivity index (χ1n) is 12.5. The summed E-state index contributed by atoms with van der Waals surface area (Å²) in [5.41, 5.74) is 3.85. The molecule has 3 aromatic rings. The van der Waals surface area contributed by atoms with E-state index < -0.39 is 11.9 Å². The minimum Gasteiger partial charge on any atom is -0.508 e. The molecular weight excluding hydrogens is 457 g/mol. The largest absolute Gasteiger partial charge is 0.508 e. The number of rotatable bonds is 6. The lowest BCUT2D eigenvalue weighted by atomic mass is 9.86. The fraction of sp³-hybridized carbons (Fsp3) is 0.333. The van der Waals surface area contributed by atoms with Gasteiger partial charge in [0.2, 0.25) is 0 Å². The van der Waals surface area contributed by atoms with Crippen molar-refractivity contribution in [1.29, 1.82) is 0 Å². The van der Waals surface area contributed by atoms with Crippen molar-refractivity contribution < 1.29 is 24.1 Å². The number of benzene rings is 3. The van der Waals surface area contributed by atoms with Gasteiger partial charge in [0, 0.05) is 29.3 Å². The maximum absolute atomic E-state index is 15.3. The van der Waals surface area contributed by atoms with Crippen molar-refractivity contribution in [2.45, 2.75) is 39.3 Å². The molecule has 0 spiro atoms. The summed E-state index contributed by atoms with van der Waals surface area (Å²) in [6, 6.07) is 17.0. The van der Waals surface area contributed by atoms with Gasteiger partial charge in [0.15, 0.2) is 11.6 Å². The number of aromatic hydroxyl groups is 2. The topological polar surface area (TPSA) is 62.2 Å². The van der Waals surface area contributed by atoms with Crippen molar-refractivity contribution in [2.24, 2.45) is 5.92 Å². The van der Waals surface area contributed by atoms with E-state index in [9.17, 15) is 10.2 Å². The van der Waals surface area contributed by atoms with Crippen molar-refractivity contribution in [3.05, 3.63) is 83.2 Å². The Hall–Kier alpha value is -3.51. The van der Waals surface area contributed by atoms with Crippen LogP contribution in [0.5, 0.6) is 23.0 Å². The van der Waals surface area contributed by atoms with Gasteiger partial charge in [0.05, 0.1) is 0 Å². The van der Waals surface area contributed by atoms with E-state index in [4.69, 9.17) is 9.47 Å². The second kappa shape index (κ2) is 9.86. The maximum atomic E-state index is 15.3. The minimum absolute atomic E-state index is 0.129. The predicted octanol–water partition coefficient (Wildman–Crippen LogP) is 6.41. The van der Waals surface area contributed by atoms with E-state index in [1.54, 1.807) is 42.5 Å². The number of fused-ring (bicyclic) bond motifs is 1. The predicted molar refractivity (Wildman–Crippen MR) is 139 cm³/mol. The molecule has 3 atom stereocenters. The van der Waals surface area contributed by atoms with Crippen LogP contribution in [0.15, 0.2) is 60.7 Å². The highest BCUT2D eigenvalue weighted by atomic mass is 19.1. The second-order valence-corrected chi connectivity index (χ2v) is 10.0. The smallest absolute Gasteiger partial charge is 0.165 e. The number of likely N-dealkylation sites (tertiary alicyclic amines) is 1. The van der Waals surface area contributed by atoms with Gasteiger partial charge < -0.3 is 19.7 Å². The molecule has 0 aromatic heterocycles. The summed E-state index contributed by atoms with van der Waals surface area (Å²) in [7, 11) is 0. The first-order valence-corrected chi connectivity index (χ1v) is 12.5. The van der Waals surface area contributed by atoms with Gasteiger partial charge in [0.25, 0.3) is 0 Å². The summed E-state index contributed by atoms with van der Waals surface area (Å²) in [6.45, 7) is 8.84. The second-order valence-electron chi connectivity index (χ2n) is 10.0. The van der Waals surface area contributed by atoms with Crippen LogP contribution in [0.25, 0.3) is 11.1 Å². The molecule has 2 heterocycles. The molecule has 2 aliphatic heterocycles. The third kappa shape index (κ3) is 4.78. The quantitative estimate of drug-likeness (QED) is 0.419. The number of phenolic OH excluding ortho intramolecular Hbond substituents is 2. The third-order valence-corrected chi connectivity index (χ3v) is 7.25. The average molecular weight is 490 g/mol. The van der Waals surface area contributed by atoms with Crippen LogP contribution < -0.4 is 9.47 Å². The molecule has 0 radical (unpaired) electrons. The van der Waals surface area contributed by atoms with Gasteiger partial charge in [-0.05, 0) is 86.3 Å². The van der Waals surface area contributed by atoms with Crippen LogP contribution in [0.3, 0.4) is 0 Å². The molecule has 36 heavy (non-hydrogen) atoms. The fourth-order valence-corrected chi connectivity index (χ4v) is 5.20. The van der Waals surface area contributed by atoms with E-state index in [0.29, 0.717) is 23.8 Å². The van der Waals surface area contributed by atoms with E-state index in [2.05, 4.69) is 18.7 Å². The van der Waals surface area contributed by atoms with E-state index in [1.165, 1.54) is 12.5 Å². The molecule has 0 saturated carbocycles. The van der Waals surface area contributed by atoms with Gasteiger partial charge in [-0.1, -0.05) is 25.1 Å². The summed E-state index contributed by atoms with van der Waals surface area (Å²) in [6.07, 6.45) is 0.587. The summed E-state index contributed by atoms with van der Waals surface area (Å²) in [4.78, 5) is 2.39. The normalized spacial score (nSPS) is 20.7. The van der Waals surface area contributed by atoms with E-state index in [-0.39, 0.29) is 23.3 Å².